The summed E-state index contributed by atoms with van der Waals surface area (Å²) in [6.45, 7) is 0.556. The Morgan fingerprint density at radius 3 is 2.88 bits per heavy atom. The van der Waals surface area contributed by atoms with Crippen molar-refractivity contribution in [1.82, 2.24) is 0 Å². The lowest BCUT2D eigenvalue weighted by atomic mass is 10.1. The van der Waals surface area contributed by atoms with Gasteiger partial charge in [-0.2, -0.15) is 12.6 Å². The Hall–Kier alpha value is -0.550. The highest BCUT2D eigenvalue weighted by molar-refractivity contribution is 9.10. The van der Waals surface area contributed by atoms with Crippen LogP contribution in [0, 0.1) is 11.7 Å². The molecule has 1 saturated heterocycles. The standard InChI is InChI=1S/C11H11BrFNOS/c12-8-1-2-10(9(13)4-8)14-5-7(6-16)3-11(14)15/h1-2,4,7,16H,3,5-6H2. The van der Waals surface area contributed by atoms with Crippen LogP contribution in [0.2, 0.25) is 0 Å². The zero-order valence-corrected chi connectivity index (χ0v) is 11.0. The third kappa shape index (κ3) is 2.25. The molecule has 86 valence electrons. The molecule has 2 nitrogen and oxygen atoms in total. The smallest absolute Gasteiger partial charge is 0.227 e. The van der Waals surface area contributed by atoms with Crippen LogP contribution in [0.3, 0.4) is 0 Å². The van der Waals surface area contributed by atoms with Crippen LogP contribution in [-0.4, -0.2) is 18.2 Å². The van der Waals surface area contributed by atoms with Crippen molar-refractivity contribution in [3.8, 4) is 0 Å². The molecule has 16 heavy (non-hydrogen) atoms. The number of carbonyl (C=O) groups excluding carboxylic acids is 1. The van der Waals surface area contributed by atoms with Crippen molar-refractivity contribution in [2.75, 3.05) is 17.2 Å². The van der Waals surface area contributed by atoms with Crippen molar-refractivity contribution in [3.05, 3.63) is 28.5 Å². The van der Waals surface area contributed by atoms with E-state index in [1.807, 2.05) is 0 Å². The topological polar surface area (TPSA) is 20.3 Å². The van der Waals surface area contributed by atoms with Gasteiger partial charge in [-0.25, -0.2) is 4.39 Å². The Labute approximate surface area is 107 Å². The molecule has 1 unspecified atom stereocenters. The highest BCUT2D eigenvalue weighted by Crippen LogP contribution is 2.29. The number of anilines is 1. The highest BCUT2D eigenvalue weighted by Gasteiger charge is 2.31. The number of thiol groups is 1. The van der Waals surface area contributed by atoms with Crippen LogP contribution in [0.5, 0.6) is 0 Å². The first kappa shape index (κ1) is 11.9. The Bertz CT molecular complexity index is 426. The normalized spacial score (nSPS) is 20.6. The van der Waals surface area contributed by atoms with E-state index in [-0.39, 0.29) is 17.6 Å². The number of halogens is 2. The van der Waals surface area contributed by atoms with Crippen LogP contribution in [0.25, 0.3) is 0 Å². The third-order valence-corrected chi connectivity index (χ3v) is 3.67. The van der Waals surface area contributed by atoms with Gasteiger partial charge >= 0.3 is 0 Å². The Kier molecular flexibility index (Phi) is 3.54. The highest BCUT2D eigenvalue weighted by atomic mass is 79.9. The van der Waals surface area contributed by atoms with Crippen LogP contribution in [-0.2, 0) is 4.79 Å². The number of nitrogens with zero attached hydrogens (tertiary/aromatic N) is 1. The number of amides is 1. The molecule has 0 spiro atoms. The van der Waals surface area contributed by atoms with E-state index in [0.29, 0.717) is 28.9 Å². The fraction of sp³-hybridized carbons (Fsp3) is 0.364. The van der Waals surface area contributed by atoms with Gasteiger partial charge in [-0.3, -0.25) is 4.79 Å². The van der Waals surface area contributed by atoms with E-state index in [9.17, 15) is 9.18 Å². The quantitative estimate of drug-likeness (QED) is 0.833. The molecule has 1 aliphatic rings. The number of carbonyl (C=O) groups is 1. The van der Waals surface area contributed by atoms with E-state index in [0.717, 1.165) is 0 Å². The molecule has 1 aromatic rings. The monoisotopic (exact) mass is 303 g/mol. The number of hydrogen-bond acceptors (Lipinski definition) is 2. The zero-order chi connectivity index (χ0) is 11.7. The molecule has 1 amide bonds. The number of benzene rings is 1. The van der Waals surface area contributed by atoms with Crippen molar-refractivity contribution in [2.24, 2.45) is 5.92 Å². The molecular weight excluding hydrogens is 293 g/mol. The van der Waals surface area contributed by atoms with Gasteiger partial charge in [-0.05, 0) is 29.9 Å². The molecule has 0 aliphatic carbocycles. The van der Waals surface area contributed by atoms with Crippen LogP contribution >= 0.6 is 28.6 Å². The lowest BCUT2D eigenvalue weighted by Gasteiger charge is -2.17. The van der Waals surface area contributed by atoms with Gasteiger partial charge in [0.05, 0.1) is 5.69 Å². The van der Waals surface area contributed by atoms with E-state index >= 15 is 0 Å². The average molecular weight is 304 g/mol. The third-order valence-electron chi connectivity index (χ3n) is 2.66. The zero-order valence-electron chi connectivity index (χ0n) is 8.49. The second-order valence-corrected chi connectivity index (χ2v) is 5.13. The van der Waals surface area contributed by atoms with E-state index in [1.165, 1.54) is 11.0 Å². The van der Waals surface area contributed by atoms with Crippen molar-refractivity contribution >= 4 is 40.2 Å². The van der Waals surface area contributed by atoms with Crippen molar-refractivity contribution in [1.29, 1.82) is 0 Å². The van der Waals surface area contributed by atoms with Crippen molar-refractivity contribution in [3.63, 3.8) is 0 Å². The maximum Gasteiger partial charge on any atom is 0.227 e. The summed E-state index contributed by atoms with van der Waals surface area (Å²) in [5, 5.41) is 0. The van der Waals surface area contributed by atoms with Crippen molar-refractivity contribution in [2.45, 2.75) is 6.42 Å². The molecule has 1 aromatic carbocycles. The first-order valence-corrected chi connectivity index (χ1v) is 6.40. The molecule has 0 N–H and O–H groups in total. The van der Waals surface area contributed by atoms with Gasteiger partial charge in [-0.1, -0.05) is 15.9 Å². The largest absolute Gasteiger partial charge is 0.309 e. The molecule has 5 heteroatoms. The van der Waals surface area contributed by atoms with Gasteiger partial charge < -0.3 is 4.90 Å². The van der Waals surface area contributed by atoms with Gasteiger partial charge in [-0.15, -0.1) is 0 Å². The molecule has 0 saturated carbocycles. The SMILES string of the molecule is O=C1CC(CS)CN1c1ccc(Br)cc1F. The minimum Gasteiger partial charge on any atom is -0.309 e. The van der Waals surface area contributed by atoms with Crippen LogP contribution in [0.15, 0.2) is 22.7 Å². The van der Waals surface area contributed by atoms with Crippen LogP contribution in [0.1, 0.15) is 6.42 Å². The lowest BCUT2D eigenvalue weighted by molar-refractivity contribution is -0.117. The van der Waals surface area contributed by atoms with E-state index < -0.39 is 0 Å². The summed E-state index contributed by atoms with van der Waals surface area (Å²) < 4.78 is 14.3. The molecular formula is C11H11BrFNOS. The van der Waals surface area contributed by atoms with Gasteiger partial charge in [0.25, 0.3) is 0 Å². The Morgan fingerprint density at radius 2 is 2.31 bits per heavy atom. The fourth-order valence-corrected chi connectivity index (χ4v) is 2.41. The van der Waals surface area contributed by atoms with Gasteiger partial charge in [0.2, 0.25) is 5.91 Å². The predicted molar refractivity (Wildman–Crippen MR) is 68.4 cm³/mol. The summed E-state index contributed by atoms with van der Waals surface area (Å²) in [5.41, 5.74) is 0.359. The molecule has 1 atom stereocenters. The van der Waals surface area contributed by atoms with E-state index in [2.05, 4.69) is 28.6 Å². The van der Waals surface area contributed by atoms with Crippen LogP contribution in [0.4, 0.5) is 10.1 Å². The minimum absolute atomic E-state index is 0.0275. The second kappa shape index (κ2) is 4.75. The molecule has 0 radical (unpaired) electrons. The number of hydrogen-bond donors (Lipinski definition) is 1. The van der Waals surface area contributed by atoms with Gasteiger partial charge in [0.15, 0.2) is 0 Å². The van der Waals surface area contributed by atoms with Gasteiger partial charge in [0, 0.05) is 17.4 Å². The molecule has 0 bridgehead atoms. The lowest BCUT2D eigenvalue weighted by Crippen LogP contribution is -2.25. The summed E-state index contributed by atoms with van der Waals surface area (Å²) in [6.07, 6.45) is 0.457. The number of rotatable bonds is 2. The summed E-state index contributed by atoms with van der Waals surface area (Å²) in [7, 11) is 0. The Balaban J connectivity index is 2.28. The summed E-state index contributed by atoms with van der Waals surface area (Å²) >= 11 is 7.36. The van der Waals surface area contributed by atoms with Gasteiger partial charge in [0.1, 0.15) is 5.82 Å². The minimum atomic E-state index is -0.373. The second-order valence-electron chi connectivity index (χ2n) is 3.85. The molecule has 0 aromatic heterocycles. The molecule has 1 aliphatic heterocycles. The summed E-state index contributed by atoms with van der Waals surface area (Å²) in [6, 6.07) is 4.73. The van der Waals surface area contributed by atoms with Crippen LogP contribution < -0.4 is 4.90 Å². The summed E-state index contributed by atoms with van der Waals surface area (Å²) in [5.74, 6) is 0.474. The maximum absolute atomic E-state index is 13.7. The molecule has 1 heterocycles. The maximum atomic E-state index is 13.7. The first-order valence-electron chi connectivity index (χ1n) is 4.98. The average Bonchev–Trinajstić information content (AvgIpc) is 2.60. The van der Waals surface area contributed by atoms with E-state index in [4.69, 9.17) is 0 Å². The Morgan fingerprint density at radius 1 is 1.56 bits per heavy atom. The summed E-state index contributed by atoms with van der Waals surface area (Å²) in [4.78, 5) is 13.2. The predicted octanol–water partition coefficient (Wildman–Crippen LogP) is 2.87. The van der Waals surface area contributed by atoms with Crippen molar-refractivity contribution < 1.29 is 9.18 Å². The first-order chi connectivity index (χ1) is 7.61. The molecule has 2 rings (SSSR count). The molecule has 1 fully saturated rings. The fourth-order valence-electron chi connectivity index (χ4n) is 1.84. The van der Waals surface area contributed by atoms with E-state index in [1.54, 1.807) is 12.1 Å².